The van der Waals surface area contributed by atoms with Crippen molar-refractivity contribution in [1.82, 2.24) is 15.6 Å². The Morgan fingerprint density at radius 1 is 1.52 bits per heavy atom. The number of amides is 1. The molecule has 0 saturated carbocycles. The number of nitrogens with zero attached hydrogens (tertiary/aromatic N) is 2. The van der Waals surface area contributed by atoms with Crippen LogP contribution in [0.5, 0.6) is 0 Å². The Kier molecular flexibility index (Phi) is 5.05. The number of rotatable bonds is 5. The number of aromatic nitrogens is 1. The topological polar surface area (TPSA) is 66.5 Å². The molecule has 0 aliphatic carbocycles. The first-order valence-electron chi connectivity index (χ1n) is 7.61. The Hall–Kier alpha value is -1.18. The second kappa shape index (κ2) is 7.20. The van der Waals surface area contributed by atoms with Gasteiger partial charge in [-0.3, -0.25) is 4.79 Å². The van der Waals surface area contributed by atoms with E-state index in [1.807, 2.05) is 0 Å². The molecule has 3 rings (SSSR count). The third-order valence-electron chi connectivity index (χ3n) is 3.83. The minimum atomic E-state index is -0.214. The predicted octanol–water partition coefficient (Wildman–Crippen LogP) is 0.390. The summed E-state index contributed by atoms with van der Waals surface area (Å²) in [6, 6.07) is -0.214. The number of thiazole rings is 1. The molecule has 0 aromatic carbocycles. The van der Waals surface area contributed by atoms with Crippen LogP contribution in [0.15, 0.2) is 5.38 Å². The first-order valence-corrected chi connectivity index (χ1v) is 8.49. The van der Waals surface area contributed by atoms with Gasteiger partial charge < -0.3 is 20.3 Å². The molecule has 2 saturated heterocycles. The van der Waals surface area contributed by atoms with Crippen LogP contribution >= 0.6 is 11.3 Å². The molecule has 0 bridgehead atoms. The molecule has 1 aromatic heterocycles. The summed E-state index contributed by atoms with van der Waals surface area (Å²) >= 11 is 1.70. The highest BCUT2D eigenvalue weighted by molar-refractivity contribution is 7.13. The van der Waals surface area contributed by atoms with Crippen LogP contribution in [0.4, 0.5) is 5.13 Å². The molecule has 1 aromatic rings. The summed E-state index contributed by atoms with van der Waals surface area (Å²) in [7, 11) is 0. The molecule has 7 heteroatoms. The molecule has 0 spiro atoms. The fourth-order valence-corrected chi connectivity index (χ4v) is 3.55. The van der Waals surface area contributed by atoms with Crippen molar-refractivity contribution in [3.8, 4) is 0 Å². The molecule has 116 valence electrons. The van der Waals surface area contributed by atoms with Gasteiger partial charge in [0.1, 0.15) is 6.04 Å². The lowest BCUT2D eigenvalue weighted by Crippen LogP contribution is -2.51. The molecular weight excluding hydrogens is 288 g/mol. The lowest BCUT2D eigenvalue weighted by Gasteiger charge is -2.22. The monoisotopic (exact) mass is 310 g/mol. The molecule has 21 heavy (non-hydrogen) atoms. The number of hydrogen-bond donors (Lipinski definition) is 2. The lowest BCUT2D eigenvalue weighted by molar-refractivity contribution is -0.125. The van der Waals surface area contributed by atoms with Crippen LogP contribution in [0.2, 0.25) is 0 Å². The summed E-state index contributed by atoms with van der Waals surface area (Å²) in [5, 5.41) is 9.32. The highest BCUT2D eigenvalue weighted by Crippen LogP contribution is 2.24. The van der Waals surface area contributed by atoms with Crippen LogP contribution in [0.3, 0.4) is 0 Å². The predicted molar refractivity (Wildman–Crippen MR) is 82.9 cm³/mol. The van der Waals surface area contributed by atoms with Gasteiger partial charge in [0.2, 0.25) is 5.91 Å². The second-order valence-electron chi connectivity index (χ2n) is 5.44. The van der Waals surface area contributed by atoms with Crippen molar-refractivity contribution >= 4 is 22.4 Å². The third kappa shape index (κ3) is 3.93. The minimum Gasteiger partial charge on any atom is -0.378 e. The van der Waals surface area contributed by atoms with Gasteiger partial charge in [-0.2, -0.15) is 0 Å². The van der Waals surface area contributed by atoms with E-state index in [-0.39, 0.29) is 11.9 Å². The first kappa shape index (κ1) is 14.7. The van der Waals surface area contributed by atoms with E-state index >= 15 is 0 Å². The average Bonchev–Trinajstić information content (AvgIpc) is 3.19. The summed E-state index contributed by atoms with van der Waals surface area (Å²) in [6.45, 7) is 4.75. The van der Waals surface area contributed by atoms with E-state index in [4.69, 9.17) is 4.74 Å². The summed E-state index contributed by atoms with van der Waals surface area (Å²) in [6.07, 6.45) is 3.31. The Morgan fingerprint density at radius 3 is 3.14 bits per heavy atom. The highest BCUT2D eigenvalue weighted by atomic mass is 32.1. The number of anilines is 1. The molecule has 3 heterocycles. The Balaban J connectivity index is 1.41. The molecule has 1 amide bonds. The summed E-state index contributed by atoms with van der Waals surface area (Å²) in [5.41, 5.74) is 1.06. The number of carbonyl (C=O) groups excluding carboxylic acids is 1. The highest BCUT2D eigenvalue weighted by Gasteiger charge is 2.20. The lowest BCUT2D eigenvalue weighted by atomic mass is 10.2. The first-order chi connectivity index (χ1) is 10.3. The van der Waals surface area contributed by atoms with Crippen molar-refractivity contribution in [1.29, 1.82) is 0 Å². The van der Waals surface area contributed by atoms with Gasteiger partial charge in [0.05, 0.1) is 18.9 Å². The Morgan fingerprint density at radius 2 is 2.38 bits per heavy atom. The number of nitrogens with one attached hydrogen (secondary N) is 2. The Labute approximate surface area is 128 Å². The smallest absolute Gasteiger partial charge is 0.239 e. The van der Waals surface area contributed by atoms with Gasteiger partial charge >= 0.3 is 0 Å². The van der Waals surface area contributed by atoms with Gasteiger partial charge in [-0.25, -0.2) is 4.98 Å². The zero-order valence-corrected chi connectivity index (χ0v) is 13.0. The minimum absolute atomic E-state index is 0.0182. The van der Waals surface area contributed by atoms with E-state index in [1.165, 1.54) is 12.8 Å². The van der Waals surface area contributed by atoms with Crippen LogP contribution in [-0.2, 0) is 16.0 Å². The fraction of sp³-hybridized carbons (Fsp3) is 0.714. The SMILES string of the molecule is O=C(NCCc1csc(N2CCCC2)n1)C1COCCN1. The van der Waals surface area contributed by atoms with Crippen molar-refractivity contribution in [2.24, 2.45) is 0 Å². The molecule has 2 N–H and O–H groups in total. The normalized spacial score (nSPS) is 22.5. The van der Waals surface area contributed by atoms with Crippen LogP contribution in [0, 0.1) is 0 Å². The van der Waals surface area contributed by atoms with E-state index in [0.717, 1.165) is 36.9 Å². The number of ether oxygens (including phenoxy) is 1. The van der Waals surface area contributed by atoms with Gasteiger partial charge in [-0.05, 0) is 12.8 Å². The molecule has 2 aliphatic rings. The van der Waals surface area contributed by atoms with Gasteiger partial charge in [0, 0.05) is 38.0 Å². The van der Waals surface area contributed by atoms with Crippen molar-refractivity contribution in [2.45, 2.75) is 25.3 Å². The molecule has 0 radical (unpaired) electrons. The van der Waals surface area contributed by atoms with Crippen molar-refractivity contribution in [3.63, 3.8) is 0 Å². The summed E-state index contributed by atoms with van der Waals surface area (Å²) < 4.78 is 5.29. The molecule has 2 aliphatic heterocycles. The van der Waals surface area contributed by atoms with Gasteiger partial charge in [0.25, 0.3) is 0 Å². The maximum atomic E-state index is 11.9. The average molecular weight is 310 g/mol. The zero-order chi connectivity index (χ0) is 14.5. The summed E-state index contributed by atoms with van der Waals surface area (Å²) in [5.74, 6) is 0.0182. The molecule has 1 atom stereocenters. The standard InChI is InChI=1S/C14H22N4O2S/c19-13(12-9-20-8-5-15-12)16-4-3-11-10-21-14(17-11)18-6-1-2-7-18/h10,12,15H,1-9H2,(H,16,19). The van der Waals surface area contributed by atoms with E-state index in [1.54, 1.807) is 11.3 Å². The molecule has 2 fully saturated rings. The molecule has 1 unspecified atom stereocenters. The van der Waals surface area contributed by atoms with Gasteiger partial charge in [-0.15, -0.1) is 11.3 Å². The quantitative estimate of drug-likeness (QED) is 0.824. The summed E-state index contributed by atoms with van der Waals surface area (Å²) in [4.78, 5) is 18.9. The van der Waals surface area contributed by atoms with Crippen LogP contribution < -0.4 is 15.5 Å². The van der Waals surface area contributed by atoms with E-state index < -0.39 is 0 Å². The zero-order valence-electron chi connectivity index (χ0n) is 12.1. The van der Waals surface area contributed by atoms with Crippen molar-refractivity contribution in [3.05, 3.63) is 11.1 Å². The number of morpholine rings is 1. The third-order valence-corrected chi connectivity index (χ3v) is 4.78. The Bertz CT molecular complexity index is 467. The van der Waals surface area contributed by atoms with E-state index in [9.17, 15) is 4.79 Å². The maximum Gasteiger partial charge on any atom is 0.239 e. The number of carbonyl (C=O) groups is 1. The van der Waals surface area contributed by atoms with Crippen LogP contribution in [0.1, 0.15) is 18.5 Å². The van der Waals surface area contributed by atoms with Crippen molar-refractivity contribution in [2.75, 3.05) is 44.3 Å². The van der Waals surface area contributed by atoms with Crippen molar-refractivity contribution < 1.29 is 9.53 Å². The van der Waals surface area contributed by atoms with E-state index in [2.05, 4.69) is 25.9 Å². The molecular formula is C14H22N4O2S. The van der Waals surface area contributed by atoms with Gasteiger partial charge in [0.15, 0.2) is 5.13 Å². The van der Waals surface area contributed by atoms with Crippen LogP contribution in [0.25, 0.3) is 0 Å². The largest absolute Gasteiger partial charge is 0.378 e. The second-order valence-corrected chi connectivity index (χ2v) is 6.27. The van der Waals surface area contributed by atoms with Gasteiger partial charge in [-0.1, -0.05) is 0 Å². The van der Waals surface area contributed by atoms with Crippen LogP contribution in [-0.4, -0.2) is 56.3 Å². The fourth-order valence-electron chi connectivity index (χ4n) is 2.64. The molecule has 6 nitrogen and oxygen atoms in total. The number of hydrogen-bond acceptors (Lipinski definition) is 6. The van der Waals surface area contributed by atoms with E-state index in [0.29, 0.717) is 19.8 Å². The maximum absolute atomic E-state index is 11.9.